The van der Waals surface area contributed by atoms with Gasteiger partial charge in [-0.25, -0.2) is 9.67 Å². The number of hydrogen-bond acceptors (Lipinski definition) is 5. The molecule has 6 heteroatoms. The first-order chi connectivity index (χ1) is 18.8. The topological polar surface area (TPSA) is 49.2 Å². The standard InChI is InChI=1S/C32H25N3O2S/c1-3-9-24(10-4-1)21-36-30-15-14-26(19-31(30)37-22-25-11-5-2-6-12-25)29-20-28(27-16-18-38-23-27)34-35(29)32-13-7-8-17-33-32/h1-20,23H,21-22H2. The molecule has 186 valence electrons. The molecular formula is C32H25N3O2S. The number of rotatable bonds is 9. The van der Waals surface area contributed by atoms with Crippen LogP contribution in [0.25, 0.3) is 28.3 Å². The van der Waals surface area contributed by atoms with Crippen molar-refractivity contribution < 1.29 is 9.47 Å². The molecule has 0 unspecified atom stereocenters. The van der Waals surface area contributed by atoms with E-state index in [0.717, 1.165) is 39.5 Å². The normalized spacial score (nSPS) is 10.8. The maximum atomic E-state index is 6.33. The summed E-state index contributed by atoms with van der Waals surface area (Å²) < 4.78 is 14.4. The van der Waals surface area contributed by atoms with E-state index in [4.69, 9.17) is 14.6 Å². The summed E-state index contributed by atoms with van der Waals surface area (Å²) in [7, 11) is 0. The Bertz CT molecular complexity index is 1600. The van der Waals surface area contributed by atoms with Gasteiger partial charge in [-0.05, 0) is 59.0 Å². The Labute approximate surface area is 225 Å². The molecule has 0 aliphatic carbocycles. The van der Waals surface area contributed by atoms with Gasteiger partial charge < -0.3 is 9.47 Å². The number of aromatic nitrogens is 3. The highest BCUT2D eigenvalue weighted by Gasteiger charge is 2.17. The van der Waals surface area contributed by atoms with Crippen LogP contribution in [0, 0.1) is 0 Å². The van der Waals surface area contributed by atoms with Crippen LogP contribution in [0.4, 0.5) is 0 Å². The van der Waals surface area contributed by atoms with Crippen molar-refractivity contribution >= 4 is 11.3 Å². The lowest BCUT2D eigenvalue weighted by molar-refractivity contribution is 0.256. The van der Waals surface area contributed by atoms with Crippen molar-refractivity contribution in [2.75, 3.05) is 0 Å². The maximum absolute atomic E-state index is 6.33. The molecule has 6 aromatic rings. The van der Waals surface area contributed by atoms with E-state index in [1.165, 1.54) is 0 Å². The Kier molecular flexibility index (Phi) is 6.96. The van der Waals surface area contributed by atoms with Crippen LogP contribution in [0.2, 0.25) is 0 Å². The van der Waals surface area contributed by atoms with Crippen molar-refractivity contribution in [1.29, 1.82) is 0 Å². The number of ether oxygens (including phenoxy) is 2. The molecule has 0 saturated heterocycles. The first-order valence-corrected chi connectivity index (χ1v) is 13.3. The zero-order chi connectivity index (χ0) is 25.6. The van der Waals surface area contributed by atoms with E-state index in [0.29, 0.717) is 24.7 Å². The summed E-state index contributed by atoms with van der Waals surface area (Å²) in [5, 5.41) is 9.07. The highest BCUT2D eigenvalue weighted by molar-refractivity contribution is 7.08. The minimum atomic E-state index is 0.436. The molecule has 5 nitrogen and oxygen atoms in total. The Morgan fingerprint density at radius 2 is 1.37 bits per heavy atom. The van der Waals surface area contributed by atoms with Crippen LogP contribution in [0.15, 0.2) is 126 Å². The van der Waals surface area contributed by atoms with Gasteiger partial charge in [0, 0.05) is 22.7 Å². The average Bonchev–Trinajstić information content (AvgIpc) is 3.68. The Morgan fingerprint density at radius 1 is 0.658 bits per heavy atom. The summed E-state index contributed by atoms with van der Waals surface area (Å²) in [5.41, 5.74) is 6.03. The van der Waals surface area contributed by atoms with Gasteiger partial charge in [0.25, 0.3) is 0 Å². The molecule has 0 N–H and O–H groups in total. The van der Waals surface area contributed by atoms with Gasteiger partial charge in [-0.3, -0.25) is 0 Å². The average molecular weight is 516 g/mol. The van der Waals surface area contributed by atoms with E-state index >= 15 is 0 Å². The molecule has 0 aliphatic heterocycles. The van der Waals surface area contributed by atoms with E-state index in [9.17, 15) is 0 Å². The smallest absolute Gasteiger partial charge is 0.162 e. The molecule has 3 heterocycles. The number of nitrogens with zero attached hydrogens (tertiary/aromatic N) is 3. The molecule has 0 atom stereocenters. The van der Waals surface area contributed by atoms with Gasteiger partial charge in [0.2, 0.25) is 0 Å². The second-order valence-electron chi connectivity index (χ2n) is 8.74. The van der Waals surface area contributed by atoms with Gasteiger partial charge in [0.1, 0.15) is 13.2 Å². The summed E-state index contributed by atoms with van der Waals surface area (Å²) in [6.07, 6.45) is 1.78. The quantitative estimate of drug-likeness (QED) is 0.197. The zero-order valence-corrected chi connectivity index (χ0v) is 21.4. The van der Waals surface area contributed by atoms with Crippen LogP contribution in [-0.4, -0.2) is 14.8 Å². The lowest BCUT2D eigenvalue weighted by atomic mass is 10.1. The van der Waals surface area contributed by atoms with Crippen LogP contribution in [0.3, 0.4) is 0 Å². The molecular weight excluding hydrogens is 490 g/mol. The second kappa shape index (κ2) is 11.2. The van der Waals surface area contributed by atoms with Crippen LogP contribution < -0.4 is 9.47 Å². The molecule has 6 rings (SSSR count). The molecule has 38 heavy (non-hydrogen) atoms. The summed E-state index contributed by atoms with van der Waals surface area (Å²) in [5.74, 6) is 2.11. The molecule has 0 fully saturated rings. The Balaban J connectivity index is 1.38. The largest absolute Gasteiger partial charge is 0.485 e. The van der Waals surface area contributed by atoms with Crippen LogP contribution in [0.5, 0.6) is 11.5 Å². The third-order valence-corrected chi connectivity index (χ3v) is 6.79. The van der Waals surface area contributed by atoms with Gasteiger partial charge in [-0.2, -0.15) is 16.4 Å². The molecule has 0 radical (unpaired) electrons. The first-order valence-electron chi connectivity index (χ1n) is 12.4. The summed E-state index contributed by atoms with van der Waals surface area (Å²) in [4.78, 5) is 4.56. The first kappa shape index (κ1) is 23.7. The predicted molar refractivity (Wildman–Crippen MR) is 152 cm³/mol. The SMILES string of the molecule is c1ccc(COc2ccc(-c3cc(-c4ccsc4)nn3-c3ccccn3)cc2OCc2ccccc2)cc1. The number of pyridine rings is 1. The lowest BCUT2D eigenvalue weighted by Crippen LogP contribution is -2.03. The summed E-state index contributed by atoms with van der Waals surface area (Å²) >= 11 is 1.65. The van der Waals surface area contributed by atoms with Gasteiger partial charge in [0.15, 0.2) is 17.3 Å². The minimum Gasteiger partial charge on any atom is -0.485 e. The predicted octanol–water partition coefficient (Wildman–Crippen LogP) is 7.82. The lowest BCUT2D eigenvalue weighted by Gasteiger charge is -2.15. The summed E-state index contributed by atoms with van der Waals surface area (Å²) in [6.45, 7) is 0.891. The van der Waals surface area contributed by atoms with E-state index < -0.39 is 0 Å². The fourth-order valence-corrected chi connectivity index (χ4v) is 4.81. The highest BCUT2D eigenvalue weighted by atomic mass is 32.1. The number of benzene rings is 3. The minimum absolute atomic E-state index is 0.436. The van der Waals surface area contributed by atoms with Gasteiger partial charge >= 0.3 is 0 Å². The van der Waals surface area contributed by atoms with Crippen molar-refractivity contribution in [3.05, 3.63) is 137 Å². The van der Waals surface area contributed by atoms with E-state index in [1.807, 2.05) is 77.5 Å². The Hall–Kier alpha value is -4.68. The van der Waals surface area contributed by atoms with Crippen molar-refractivity contribution in [3.63, 3.8) is 0 Å². The molecule has 3 aromatic heterocycles. The molecule has 0 amide bonds. The third-order valence-electron chi connectivity index (χ3n) is 6.11. The molecule has 0 bridgehead atoms. The van der Waals surface area contributed by atoms with Crippen molar-refractivity contribution in [1.82, 2.24) is 14.8 Å². The molecule has 0 aliphatic rings. The van der Waals surface area contributed by atoms with Gasteiger partial charge in [-0.15, -0.1) is 0 Å². The number of hydrogen-bond donors (Lipinski definition) is 0. The zero-order valence-electron chi connectivity index (χ0n) is 20.6. The van der Waals surface area contributed by atoms with Crippen molar-refractivity contribution in [3.8, 4) is 39.8 Å². The van der Waals surface area contributed by atoms with Crippen molar-refractivity contribution in [2.45, 2.75) is 13.2 Å². The molecule has 3 aromatic carbocycles. The third kappa shape index (κ3) is 5.36. The second-order valence-corrected chi connectivity index (χ2v) is 9.52. The van der Waals surface area contributed by atoms with Crippen LogP contribution in [-0.2, 0) is 13.2 Å². The van der Waals surface area contributed by atoms with Crippen LogP contribution >= 0.6 is 11.3 Å². The van der Waals surface area contributed by atoms with Crippen molar-refractivity contribution in [2.24, 2.45) is 0 Å². The van der Waals surface area contributed by atoms with Crippen LogP contribution in [0.1, 0.15) is 11.1 Å². The fourth-order valence-electron chi connectivity index (χ4n) is 4.16. The summed E-state index contributed by atoms with van der Waals surface area (Å²) in [6, 6.07) is 36.3. The van der Waals surface area contributed by atoms with E-state index in [-0.39, 0.29) is 0 Å². The number of thiophene rings is 1. The van der Waals surface area contributed by atoms with Gasteiger partial charge in [0.05, 0.1) is 11.4 Å². The molecule has 0 spiro atoms. The van der Waals surface area contributed by atoms with E-state index in [2.05, 4.69) is 52.1 Å². The Morgan fingerprint density at radius 3 is 2.03 bits per heavy atom. The van der Waals surface area contributed by atoms with E-state index in [1.54, 1.807) is 17.5 Å². The highest BCUT2D eigenvalue weighted by Crippen LogP contribution is 2.36. The maximum Gasteiger partial charge on any atom is 0.162 e. The molecule has 0 saturated carbocycles. The fraction of sp³-hybridized carbons (Fsp3) is 0.0625. The monoisotopic (exact) mass is 515 g/mol. The van der Waals surface area contributed by atoms with Gasteiger partial charge in [-0.1, -0.05) is 66.7 Å².